The number of carboxylic acid groups (broad SMARTS) is 1. The van der Waals surface area contributed by atoms with E-state index in [1.54, 1.807) is 0 Å². The normalized spacial score (nSPS) is 9.93. The summed E-state index contributed by atoms with van der Waals surface area (Å²) in [6, 6.07) is 0. The number of carbonyl (C=O) groups excluding carboxylic acids is 2. The zero-order valence-electron chi connectivity index (χ0n) is 8.15. The van der Waals surface area contributed by atoms with Crippen LogP contribution in [0, 0.1) is 0 Å². The molecule has 0 saturated carbocycles. The van der Waals surface area contributed by atoms with E-state index in [9.17, 15) is 14.4 Å². The van der Waals surface area contributed by atoms with Crippen LogP contribution in [0.2, 0.25) is 0 Å². The van der Waals surface area contributed by atoms with Crippen molar-refractivity contribution in [3.8, 4) is 0 Å². The van der Waals surface area contributed by atoms with Gasteiger partial charge in [0, 0.05) is 0 Å². The molecule has 0 spiro atoms. The summed E-state index contributed by atoms with van der Waals surface area (Å²) in [4.78, 5) is 33.1. The molecule has 0 fully saturated rings. The topological polar surface area (TPSA) is 83.9 Å². The third kappa shape index (κ3) is 6.13. The smallest absolute Gasteiger partial charge is 0.319 e. The van der Waals surface area contributed by atoms with Crippen LogP contribution in [0.15, 0.2) is 0 Å². The maximum atomic E-state index is 10.8. The van der Waals surface area contributed by atoms with Crippen LogP contribution < -0.4 is 0 Å². The Morgan fingerprint density at radius 1 is 1.21 bits per heavy atom. The maximum Gasteiger partial charge on any atom is 0.319 e. The average molecular weight is 203 g/mol. The Bertz CT molecular complexity index is 222. The molecule has 6 nitrogen and oxygen atoms in total. The van der Waals surface area contributed by atoms with E-state index < -0.39 is 11.9 Å². The van der Waals surface area contributed by atoms with Crippen molar-refractivity contribution in [2.75, 3.05) is 26.7 Å². The van der Waals surface area contributed by atoms with Gasteiger partial charge in [-0.15, -0.1) is 0 Å². The van der Waals surface area contributed by atoms with Gasteiger partial charge in [-0.1, -0.05) is 0 Å². The van der Waals surface area contributed by atoms with Gasteiger partial charge in [0.15, 0.2) is 0 Å². The Labute approximate surface area is 81.4 Å². The van der Waals surface area contributed by atoms with Crippen LogP contribution in [0.4, 0.5) is 0 Å². The Morgan fingerprint density at radius 3 is 2.14 bits per heavy atom. The number of carboxylic acids is 1. The van der Waals surface area contributed by atoms with Crippen molar-refractivity contribution >= 4 is 17.7 Å². The number of nitrogens with zero attached hydrogens (tertiary/aromatic N) is 1. The van der Waals surface area contributed by atoms with E-state index in [-0.39, 0.29) is 25.4 Å². The molecule has 0 amide bonds. The van der Waals surface area contributed by atoms with E-state index in [4.69, 9.17) is 5.11 Å². The molecule has 0 aliphatic carbocycles. The second-order valence-electron chi connectivity index (χ2n) is 2.82. The van der Waals surface area contributed by atoms with Crippen molar-refractivity contribution in [3.05, 3.63) is 0 Å². The van der Waals surface area contributed by atoms with E-state index in [0.717, 1.165) is 0 Å². The van der Waals surface area contributed by atoms with E-state index in [0.29, 0.717) is 0 Å². The van der Waals surface area contributed by atoms with E-state index in [2.05, 4.69) is 4.74 Å². The lowest BCUT2D eigenvalue weighted by molar-refractivity contribution is -0.144. The standard InChI is InChI=1S/C8H13NO5/c1-6(10)3-9(4-7(11)12)5-8(13)14-2/h3-5H2,1-2H3,(H,11,12). The predicted molar refractivity (Wildman–Crippen MR) is 46.8 cm³/mol. The van der Waals surface area contributed by atoms with Gasteiger partial charge in [0.25, 0.3) is 0 Å². The first-order valence-corrected chi connectivity index (χ1v) is 3.96. The summed E-state index contributed by atoms with van der Waals surface area (Å²) in [6.07, 6.45) is 0. The molecule has 80 valence electrons. The molecule has 0 unspecified atom stereocenters. The van der Waals surface area contributed by atoms with Crippen LogP contribution >= 0.6 is 0 Å². The van der Waals surface area contributed by atoms with Crippen molar-refractivity contribution in [1.29, 1.82) is 0 Å². The fraction of sp³-hybridized carbons (Fsp3) is 0.625. The summed E-state index contributed by atoms with van der Waals surface area (Å²) in [5, 5.41) is 8.48. The number of carbonyl (C=O) groups is 3. The number of methoxy groups -OCH3 is 1. The summed E-state index contributed by atoms with van der Waals surface area (Å²) in [5.41, 5.74) is 0. The highest BCUT2D eigenvalue weighted by Crippen LogP contribution is 1.90. The Balaban J connectivity index is 4.16. The molecule has 0 aromatic carbocycles. The average Bonchev–Trinajstić information content (AvgIpc) is 2.01. The van der Waals surface area contributed by atoms with Gasteiger partial charge in [0.05, 0.1) is 26.7 Å². The fourth-order valence-corrected chi connectivity index (χ4v) is 0.921. The minimum absolute atomic E-state index is 0.0681. The van der Waals surface area contributed by atoms with Gasteiger partial charge >= 0.3 is 11.9 Å². The monoisotopic (exact) mass is 203 g/mol. The second kappa shape index (κ2) is 6.09. The molecule has 6 heteroatoms. The Morgan fingerprint density at radius 2 is 1.79 bits per heavy atom. The van der Waals surface area contributed by atoms with Crippen molar-refractivity contribution in [1.82, 2.24) is 4.90 Å². The number of Topliss-reactive ketones (excluding diaryl/α,β-unsaturated/α-hetero) is 1. The molecule has 0 saturated heterocycles. The number of aliphatic carboxylic acids is 1. The van der Waals surface area contributed by atoms with Crippen LogP contribution in [0.25, 0.3) is 0 Å². The number of hydrogen-bond acceptors (Lipinski definition) is 5. The molecule has 0 aromatic rings. The first kappa shape index (κ1) is 12.6. The lowest BCUT2D eigenvalue weighted by Gasteiger charge is -2.16. The molecule has 0 bridgehead atoms. The van der Waals surface area contributed by atoms with Gasteiger partial charge in [-0.2, -0.15) is 0 Å². The predicted octanol–water partition coefficient (Wildman–Crippen LogP) is -0.865. The number of ether oxygens (including phenoxy) is 1. The van der Waals surface area contributed by atoms with E-state index >= 15 is 0 Å². The third-order valence-corrected chi connectivity index (χ3v) is 1.39. The van der Waals surface area contributed by atoms with Gasteiger partial charge in [0.2, 0.25) is 0 Å². The van der Waals surface area contributed by atoms with Crippen LogP contribution in [-0.4, -0.2) is 54.5 Å². The molecular formula is C8H13NO5. The molecule has 14 heavy (non-hydrogen) atoms. The van der Waals surface area contributed by atoms with Crippen molar-refractivity contribution in [2.24, 2.45) is 0 Å². The first-order chi connectivity index (χ1) is 6.45. The van der Waals surface area contributed by atoms with Gasteiger partial charge in [-0.3, -0.25) is 19.3 Å². The summed E-state index contributed by atoms with van der Waals surface area (Å²) < 4.78 is 4.36. The largest absolute Gasteiger partial charge is 0.480 e. The fourth-order valence-electron chi connectivity index (χ4n) is 0.921. The minimum Gasteiger partial charge on any atom is -0.480 e. The molecule has 0 radical (unpaired) electrons. The maximum absolute atomic E-state index is 10.8. The van der Waals surface area contributed by atoms with Gasteiger partial charge in [-0.25, -0.2) is 0 Å². The second-order valence-corrected chi connectivity index (χ2v) is 2.82. The lowest BCUT2D eigenvalue weighted by atomic mass is 10.3. The first-order valence-electron chi connectivity index (χ1n) is 3.96. The minimum atomic E-state index is -1.09. The highest BCUT2D eigenvalue weighted by molar-refractivity contribution is 5.80. The number of rotatable bonds is 6. The molecule has 0 heterocycles. The molecular weight excluding hydrogens is 190 g/mol. The van der Waals surface area contributed by atoms with Gasteiger partial charge < -0.3 is 9.84 Å². The summed E-state index contributed by atoms with van der Waals surface area (Å²) in [6.45, 7) is 0.713. The highest BCUT2D eigenvalue weighted by atomic mass is 16.5. The molecule has 1 N–H and O–H groups in total. The van der Waals surface area contributed by atoms with Crippen molar-refractivity contribution < 1.29 is 24.2 Å². The quantitative estimate of drug-likeness (QED) is 0.565. The van der Waals surface area contributed by atoms with Crippen LogP contribution in [0.1, 0.15) is 6.92 Å². The van der Waals surface area contributed by atoms with Gasteiger partial charge in [0.1, 0.15) is 5.78 Å². The Kier molecular flexibility index (Phi) is 5.47. The molecule has 0 aliphatic heterocycles. The zero-order valence-corrected chi connectivity index (χ0v) is 8.15. The third-order valence-electron chi connectivity index (χ3n) is 1.39. The summed E-state index contributed by atoms with van der Waals surface area (Å²) in [5.74, 6) is -1.85. The van der Waals surface area contributed by atoms with Crippen LogP contribution in [0.5, 0.6) is 0 Å². The number of ketones is 1. The van der Waals surface area contributed by atoms with Gasteiger partial charge in [-0.05, 0) is 6.92 Å². The van der Waals surface area contributed by atoms with E-state index in [1.807, 2.05) is 0 Å². The summed E-state index contributed by atoms with van der Waals surface area (Å²) >= 11 is 0. The highest BCUT2D eigenvalue weighted by Gasteiger charge is 2.15. The Hall–Kier alpha value is -1.43. The van der Waals surface area contributed by atoms with Crippen molar-refractivity contribution in [2.45, 2.75) is 6.92 Å². The van der Waals surface area contributed by atoms with E-state index in [1.165, 1.54) is 18.9 Å². The van der Waals surface area contributed by atoms with Crippen molar-refractivity contribution in [3.63, 3.8) is 0 Å². The van der Waals surface area contributed by atoms with Crippen LogP contribution in [0.3, 0.4) is 0 Å². The zero-order chi connectivity index (χ0) is 11.1. The SMILES string of the molecule is COC(=O)CN(CC(C)=O)CC(=O)O. The molecule has 0 atom stereocenters. The molecule has 0 aromatic heterocycles. The lowest BCUT2D eigenvalue weighted by Crippen LogP contribution is -2.38. The number of esters is 1. The molecule has 0 rings (SSSR count). The number of hydrogen-bond donors (Lipinski definition) is 1. The summed E-state index contributed by atoms with van der Waals surface area (Å²) in [7, 11) is 1.20. The van der Waals surface area contributed by atoms with Crippen LogP contribution in [-0.2, 0) is 19.1 Å². The molecule has 0 aliphatic rings.